The third-order valence-electron chi connectivity index (χ3n) is 1.34. The van der Waals surface area contributed by atoms with Crippen LogP contribution in [0.15, 0.2) is 12.2 Å². The average Bonchev–Trinajstić information content (AvgIpc) is 2.05. The van der Waals surface area contributed by atoms with Gasteiger partial charge in [0.1, 0.15) is 0 Å². The normalized spacial score (nSPS) is 9.71. The van der Waals surface area contributed by atoms with Crippen LogP contribution in [0.25, 0.3) is 0 Å². The third kappa shape index (κ3) is 7.30. The maximum absolute atomic E-state index is 10.1. The molecular weight excluding hydrogens is 188 g/mol. The quantitative estimate of drug-likeness (QED) is 0.589. The summed E-state index contributed by atoms with van der Waals surface area (Å²) in [7, 11) is 0. The predicted molar refractivity (Wildman–Crippen MR) is 51.0 cm³/mol. The first-order valence-corrected chi connectivity index (χ1v) is 3.88. The maximum Gasteiger partial charge on any atom is 0.330 e. The van der Waals surface area contributed by atoms with Crippen molar-refractivity contribution in [3.05, 3.63) is 12.2 Å². The second-order valence-corrected chi connectivity index (χ2v) is 3.43. The monoisotopic (exact) mass is 204 g/mol. The van der Waals surface area contributed by atoms with Crippen molar-refractivity contribution in [3.8, 4) is 0 Å². The highest BCUT2D eigenvalue weighted by atomic mass is 16.4. The Morgan fingerprint density at radius 1 is 1.29 bits per heavy atom. The Kier molecular flexibility index (Phi) is 6.64. The molecule has 0 radical (unpaired) electrons. The first kappa shape index (κ1) is 15.1. The summed E-state index contributed by atoms with van der Waals surface area (Å²) in [5.41, 5.74) is -0.810. The van der Waals surface area contributed by atoms with Crippen molar-refractivity contribution in [2.24, 2.45) is 5.41 Å². The number of aliphatic hydroxyl groups excluding tert-OH is 1. The van der Waals surface area contributed by atoms with Crippen LogP contribution in [0.1, 0.15) is 20.8 Å². The molecule has 5 nitrogen and oxygen atoms in total. The highest BCUT2D eigenvalue weighted by Crippen LogP contribution is 2.12. The van der Waals surface area contributed by atoms with E-state index >= 15 is 0 Å². The zero-order chi connectivity index (χ0) is 11.9. The molecule has 0 saturated carbocycles. The van der Waals surface area contributed by atoms with Gasteiger partial charge in [-0.1, -0.05) is 6.58 Å². The Morgan fingerprint density at radius 3 is 1.57 bits per heavy atom. The van der Waals surface area contributed by atoms with Crippen molar-refractivity contribution in [2.45, 2.75) is 20.8 Å². The zero-order valence-electron chi connectivity index (χ0n) is 8.57. The second-order valence-electron chi connectivity index (χ2n) is 3.43. The molecule has 0 aliphatic heterocycles. The van der Waals surface area contributed by atoms with Gasteiger partial charge in [-0.2, -0.15) is 0 Å². The van der Waals surface area contributed by atoms with Gasteiger partial charge in [0.15, 0.2) is 0 Å². The van der Waals surface area contributed by atoms with Crippen LogP contribution in [-0.2, 0) is 9.59 Å². The van der Waals surface area contributed by atoms with Gasteiger partial charge in [-0.25, -0.2) is 4.79 Å². The van der Waals surface area contributed by atoms with Crippen molar-refractivity contribution in [1.29, 1.82) is 0 Å². The molecule has 0 spiro atoms. The number of aliphatic hydroxyl groups is 1. The van der Waals surface area contributed by atoms with Crippen LogP contribution < -0.4 is 0 Å². The van der Waals surface area contributed by atoms with Crippen molar-refractivity contribution in [2.75, 3.05) is 6.61 Å². The summed E-state index contributed by atoms with van der Waals surface area (Å²) in [5.74, 6) is -1.91. The van der Waals surface area contributed by atoms with Crippen LogP contribution in [0.4, 0.5) is 0 Å². The maximum atomic E-state index is 10.1. The Morgan fingerprint density at radius 2 is 1.57 bits per heavy atom. The summed E-state index contributed by atoms with van der Waals surface area (Å²) in [6, 6.07) is 0. The van der Waals surface area contributed by atoms with E-state index in [4.69, 9.17) is 15.3 Å². The van der Waals surface area contributed by atoms with Gasteiger partial charge in [-0.3, -0.25) is 4.79 Å². The summed E-state index contributed by atoms with van der Waals surface area (Å²) >= 11 is 0. The molecule has 5 heteroatoms. The fourth-order valence-corrected chi connectivity index (χ4v) is 0.0676. The van der Waals surface area contributed by atoms with Gasteiger partial charge in [0.05, 0.1) is 12.0 Å². The molecule has 0 unspecified atom stereocenters. The molecule has 0 amide bonds. The van der Waals surface area contributed by atoms with Crippen LogP contribution in [0.2, 0.25) is 0 Å². The number of carboxylic acids is 2. The van der Waals surface area contributed by atoms with Crippen LogP contribution >= 0.6 is 0 Å². The molecule has 0 heterocycles. The summed E-state index contributed by atoms with van der Waals surface area (Å²) < 4.78 is 0. The van der Waals surface area contributed by atoms with Gasteiger partial charge in [-0.05, 0) is 20.8 Å². The number of hydrogen-bond acceptors (Lipinski definition) is 3. The smallest absolute Gasteiger partial charge is 0.330 e. The molecule has 0 atom stereocenters. The van der Waals surface area contributed by atoms with Crippen molar-refractivity contribution in [1.82, 2.24) is 0 Å². The highest BCUT2D eigenvalue weighted by molar-refractivity contribution is 5.84. The van der Waals surface area contributed by atoms with E-state index in [1.165, 1.54) is 20.8 Å². The van der Waals surface area contributed by atoms with E-state index in [1.54, 1.807) is 0 Å². The van der Waals surface area contributed by atoms with Gasteiger partial charge >= 0.3 is 11.9 Å². The summed E-state index contributed by atoms with van der Waals surface area (Å²) in [4.78, 5) is 19.7. The van der Waals surface area contributed by atoms with E-state index in [0.717, 1.165) is 0 Å². The lowest BCUT2D eigenvalue weighted by Crippen LogP contribution is -2.27. The van der Waals surface area contributed by atoms with E-state index in [0.29, 0.717) is 0 Å². The molecule has 82 valence electrons. The van der Waals surface area contributed by atoms with Crippen LogP contribution in [-0.4, -0.2) is 33.9 Å². The summed E-state index contributed by atoms with van der Waals surface area (Å²) in [6.07, 6.45) is 0. The number of hydrogen-bond donors (Lipinski definition) is 3. The van der Waals surface area contributed by atoms with E-state index in [1.807, 2.05) is 0 Å². The van der Waals surface area contributed by atoms with E-state index < -0.39 is 17.4 Å². The molecule has 0 bridgehead atoms. The molecule has 0 rings (SSSR count). The van der Waals surface area contributed by atoms with E-state index in [2.05, 4.69) is 6.58 Å². The molecule has 14 heavy (non-hydrogen) atoms. The van der Waals surface area contributed by atoms with Crippen LogP contribution in [0, 0.1) is 5.41 Å². The Labute approximate surface area is 82.7 Å². The van der Waals surface area contributed by atoms with Crippen molar-refractivity contribution < 1.29 is 24.9 Å². The molecule has 3 N–H and O–H groups in total. The first-order chi connectivity index (χ1) is 6.15. The average molecular weight is 204 g/mol. The molecule has 0 aliphatic rings. The van der Waals surface area contributed by atoms with E-state index in [9.17, 15) is 9.59 Å². The molecule has 0 aromatic rings. The largest absolute Gasteiger partial charge is 0.481 e. The van der Waals surface area contributed by atoms with Crippen LogP contribution in [0.5, 0.6) is 0 Å². The molecular formula is C9H16O5. The molecule has 0 aromatic heterocycles. The number of rotatable bonds is 3. The van der Waals surface area contributed by atoms with Crippen molar-refractivity contribution in [3.63, 3.8) is 0 Å². The van der Waals surface area contributed by atoms with E-state index in [-0.39, 0.29) is 12.2 Å². The van der Waals surface area contributed by atoms with Gasteiger partial charge in [0.25, 0.3) is 0 Å². The van der Waals surface area contributed by atoms with Gasteiger partial charge < -0.3 is 15.3 Å². The number of carbonyl (C=O) groups is 2. The minimum absolute atomic E-state index is 0.176. The SMILES string of the molecule is C=C(C)C(=O)O.CC(C)(CO)C(=O)O. The summed E-state index contributed by atoms with van der Waals surface area (Å²) in [5, 5.41) is 24.6. The van der Waals surface area contributed by atoms with Crippen molar-refractivity contribution >= 4 is 11.9 Å². The van der Waals surface area contributed by atoms with Gasteiger partial charge in [0, 0.05) is 5.57 Å². The molecule has 0 saturated heterocycles. The minimum atomic E-state index is -0.986. The third-order valence-corrected chi connectivity index (χ3v) is 1.34. The standard InChI is InChI=1S/C5H10O3.C4H6O2/c1-5(2,3-6)4(7)8;1-3(2)4(5)6/h6H,3H2,1-2H3,(H,7,8);1H2,2H3,(H,5,6). The Hall–Kier alpha value is -1.36. The van der Waals surface area contributed by atoms with Gasteiger partial charge in [0.2, 0.25) is 0 Å². The lowest BCUT2D eigenvalue weighted by molar-refractivity contribution is -0.149. The zero-order valence-corrected chi connectivity index (χ0v) is 8.57. The molecule has 0 aliphatic carbocycles. The molecule has 0 aromatic carbocycles. The Bertz CT molecular complexity index is 217. The van der Waals surface area contributed by atoms with Gasteiger partial charge in [-0.15, -0.1) is 0 Å². The minimum Gasteiger partial charge on any atom is -0.481 e. The predicted octanol–water partition coefficient (Wildman–Crippen LogP) is 0.737. The first-order valence-electron chi connectivity index (χ1n) is 3.88. The highest BCUT2D eigenvalue weighted by Gasteiger charge is 2.25. The summed E-state index contributed by atoms with van der Waals surface area (Å²) in [6.45, 7) is 7.22. The second kappa shape index (κ2) is 6.15. The van der Waals surface area contributed by atoms with Crippen LogP contribution in [0.3, 0.4) is 0 Å². The fourth-order valence-electron chi connectivity index (χ4n) is 0.0676. The fraction of sp³-hybridized carbons (Fsp3) is 0.556. The number of aliphatic carboxylic acids is 2. The molecule has 0 fully saturated rings. The topological polar surface area (TPSA) is 94.8 Å². The number of carboxylic acid groups (broad SMARTS) is 2. The Balaban J connectivity index is 0. The lowest BCUT2D eigenvalue weighted by Gasteiger charge is -2.13. The lowest BCUT2D eigenvalue weighted by atomic mass is 9.96.